The van der Waals surface area contributed by atoms with E-state index in [1.54, 1.807) is 0 Å². The summed E-state index contributed by atoms with van der Waals surface area (Å²) >= 11 is 0. The molecule has 1 aromatic heterocycles. The maximum atomic E-state index is 12.4. The Morgan fingerprint density at radius 3 is 2.62 bits per heavy atom. The summed E-state index contributed by atoms with van der Waals surface area (Å²) in [7, 11) is 0. The van der Waals surface area contributed by atoms with Crippen molar-refractivity contribution in [2.45, 2.75) is 64.6 Å². The van der Waals surface area contributed by atoms with Gasteiger partial charge in [-0.2, -0.15) is 0 Å². The summed E-state index contributed by atoms with van der Waals surface area (Å²) in [6.07, 6.45) is 4.39. The van der Waals surface area contributed by atoms with Gasteiger partial charge in [0.15, 0.2) is 0 Å². The summed E-state index contributed by atoms with van der Waals surface area (Å²) in [5, 5.41) is 7.08. The van der Waals surface area contributed by atoms with Crippen molar-refractivity contribution in [1.82, 2.24) is 15.4 Å². The van der Waals surface area contributed by atoms with Crippen LogP contribution >= 0.6 is 0 Å². The molecule has 3 rings (SSSR count). The molecule has 1 atom stereocenters. The quantitative estimate of drug-likeness (QED) is 0.850. The fraction of sp³-hybridized carbons (Fsp3) is 0.667. The summed E-state index contributed by atoms with van der Waals surface area (Å²) in [6.45, 7) is 4.23. The molecule has 2 aliphatic rings. The third-order valence-corrected chi connectivity index (χ3v) is 4.58. The zero-order valence-corrected chi connectivity index (χ0v) is 12.5. The molecule has 1 aliphatic carbocycles. The molecule has 2 fully saturated rings. The van der Waals surface area contributed by atoms with Crippen LogP contribution in [0.3, 0.4) is 0 Å². The molecule has 1 N–H and O–H groups in total. The van der Waals surface area contributed by atoms with Gasteiger partial charge in [-0.05, 0) is 26.7 Å². The summed E-state index contributed by atoms with van der Waals surface area (Å²) in [6, 6.07) is -0.289. The van der Waals surface area contributed by atoms with Gasteiger partial charge in [-0.3, -0.25) is 14.5 Å². The molecular weight excluding hydrogens is 270 g/mol. The van der Waals surface area contributed by atoms with E-state index in [9.17, 15) is 9.59 Å². The highest BCUT2D eigenvalue weighted by Crippen LogP contribution is 2.28. The topological polar surface area (TPSA) is 75.4 Å². The van der Waals surface area contributed by atoms with Crippen LogP contribution in [0.1, 0.15) is 49.1 Å². The van der Waals surface area contributed by atoms with Gasteiger partial charge in [0.1, 0.15) is 5.76 Å². The Hall–Kier alpha value is -1.69. The lowest BCUT2D eigenvalue weighted by atomic mass is 10.1. The first-order chi connectivity index (χ1) is 10.1. The van der Waals surface area contributed by atoms with Gasteiger partial charge < -0.3 is 9.84 Å². The monoisotopic (exact) mass is 291 g/mol. The fourth-order valence-electron chi connectivity index (χ4n) is 3.34. The second-order valence-corrected chi connectivity index (χ2v) is 5.98. The third-order valence-electron chi connectivity index (χ3n) is 4.58. The number of amides is 2. The minimum atomic E-state index is -0.410. The maximum absolute atomic E-state index is 12.4. The largest absolute Gasteiger partial charge is 0.361 e. The number of carbonyl (C=O) groups excluding carboxylic acids is 2. The average molecular weight is 291 g/mol. The second-order valence-electron chi connectivity index (χ2n) is 5.98. The van der Waals surface area contributed by atoms with Crippen LogP contribution in [0, 0.1) is 13.8 Å². The molecule has 2 amide bonds. The number of rotatable bonds is 4. The van der Waals surface area contributed by atoms with Crippen molar-refractivity contribution in [3.63, 3.8) is 0 Å². The predicted octanol–water partition coefficient (Wildman–Crippen LogP) is 1.45. The van der Waals surface area contributed by atoms with Crippen LogP contribution in [0.25, 0.3) is 0 Å². The lowest BCUT2D eigenvalue weighted by molar-refractivity contribution is -0.141. The standard InChI is InChI=1S/C15H21N3O3/c1-9-12(10(2)21-17-9)8-16-13-7-14(19)18(15(13)20)11-5-3-4-6-11/h11,13,16H,3-8H2,1-2H3. The minimum absolute atomic E-state index is 0.0387. The van der Waals surface area contributed by atoms with Gasteiger partial charge in [-0.25, -0.2) is 0 Å². The highest BCUT2D eigenvalue weighted by molar-refractivity contribution is 6.05. The number of aromatic nitrogens is 1. The van der Waals surface area contributed by atoms with E-state index < -0.39 is 6.04 Å². The molecular formula is C15H21N3O3. The van der Waals surface area contributed by atoms with Crippen molar-refractivity contribution in [2.24, 2.45) is 0 Å². The zero-order chi connectivity index (χ0) is 15.0. The van der Waals surface area contributed by atoms with Crippen molar-refractivity contribution in [1.29, 1.82) is 0 Å². The normalized spacial score (nSPS) is 23.5. The summed E-state index contributed by atoms with van der Waals surface area (Å²) in [4.78, 5) is 26.0. The zero-order valence-electron chi connectivity index (χ0n) is 12.5. The van der Waals surface area contributed by atoms with Crippen molar-refractivity contribution < 1.29 is 14.1 Å². The Labute approximate surface area is 123 Å². The number of likely N-dealkylation sites (tertiary alicyclic amines) is 1. The van der Waals surface area contributed by atoms with Gasteiger partial charge in [-0.15, -0.1) is 0 Å². The van der Waals surface area contributed by atoms with E-state index in [0.717, 1.165) is 42.7 Å². The highest BCUT2D eigenvalue weighted by atomic mass is 16.5. The maximum Gasteiger partial charge on any atom is 0.247 e. The molecule has 1 aromatic rings. The van der Waals surface area contributed by atoms with E-state index in [0.29, 0.717) is 6.54 Å². The number of hydrogen-bond donors (Lipinski definition) is 1. The van der Waals surface area contributed by atoms with Crippen LogP contribution < -0.4 is 5.32 Å². The molecule has 1 saturated carbocycles. The van der Waals surface area contributed by atoms with Crippen LogP contribution in [0.5, 0.6) is 0 Å². The molecule has 0 radical (unpaired) electrons. The van der Waals surface area contributed by atoms with Crippen molar-refractivity contribution in [3.8, 4) is 0 Å². The lowest BCUT2D eigenvalue weighted by Crippen LogP contribution is -2.42. The molecule has 0 bridgehead atoms. The minimum Gasteiger partial charge on any atom is -0.361 e. The molecule has 1 saturated heterocycles. The SMILES string of the molecule is Cc1noc(C)c1CNC1CC(=O)N(C2CCCC2)C1=O. The van der Waals surface area contributed by atoms with Crippen LogP contribution in [0.15, 0.2) is 4.52 Å². The number of aryl methyl sites for hydroxylation is 2. The second kappa shape index (κ2) is 5.60. The Kier molecular flexibility index (Phi) is 3.80. The Morgan fingerprint density at radius 1 is 1.29 bits per heavy atom. The van der Waals surface area contributed by atoms with Gasteiger partial charge in [0.25, 0.3) is 0 Å². The number of hydrogen-bond acceptors (Lipinski definition) is 5. The van der Waals surface area contributed by atoms with E-state index in [4.69, 9.17) is 4.52 Å². The smallest absolute Gasteiger partial charge is 0.247 e. The Balaban J connectivity index is 1.64. The number of nitrogens with one attached hydrogen (secondary N) is 1. The van der Waals surface area contributed by atoms with Crippen molar-refractivity contribution >= 4 is 11.8 Å². The Morgan fingerprint density at radius 2 is 2.00 bits per heavy atom. The highest BCUT2D eigenvalue weighted by Gasteiger charge is 2.42. The van der Waals surface area contributed by atoms with Gasteiger partial charge in [0.05, 0.1) is 18.2 Å². The van der Waals surface area contributed by atoms with Crippen molar-refractivity contribution in [2.75, 3.05) is 0 Å². The molecule has 0 spiro atoms. The molecule has 6 heteroatoms. The molecule has 2 heterocycles. The first-order valence-electron chi connectivity index (χ1n) is 7.59. The molecule has 21 heavy (non-hydrogen) atoms. The molecule has 6 nitrogen and oxygen atoms in total. The molecule has 0 aromatic carbocycles. The van der Waals surface area contributed by atoms with Gasteiger partial charge >= 0.3 is 0 Å². The van der Waals surface area contributed by atoms with E-state index in [2.05, 4.69) is 10.5 Å². The number of imide groups is 1. The lowest BCUT2D eigenvalue weighted by Gasteiger charge is -2.22. The van der Waals surface area contributed by atoms with Crippen molar-refractivity contribution in [3.05, 3.63) is 17.0 Å². The summed E-state index contributed by atoms with van der Waals surface area (Å²) < 4.78 is 5.11. The molecule has 1 unspecified atom stereocenters. The first-order valence-corrected chi connectivity index (χ1v) is 7.59. The Bertz CT molecular complexity index is 541. The van der Waals surface area contributed by atoms with E-state index >= 15 is 0 Å². The summed E-state index contributed by atoms with van der Waals surface area (Å²) in [5.74, 6) is 0.645. The van der Waals surface area contributed by atoms with Gasteiger partial charge in [0, 0.05) is 18.2 Å². The van der Waals surface area contributed by atoms with Crippen LogP contribution in [-0.2, 0) is 16.1 Å². The van der Waals surface area contributed by atoms with E-state index in [-0.39, 0.29) is 24.3 Å². The average Bonchev–Trinajstić information content (AvgIpc) is 3.12. The predicted molar refractivity (Wildman–Crippen MR) is 75.3 cm³/mol. The van der Waals surface area contributed by atoms with Crippen LogP contribution in [0.4, 0.5) is 0 Å². The first kappa shape index (κ1) is 14.3. The third kappa shape index (κ3) is 2.60. The van der Waals surface area contributed by atoms with E-state index in [1.807, 2.05) is 13.8 Å². The van der Waals surface area contributed by atoms with E-state index in [1.165, 1.54) is 4.90 Å². The number of nitrogens with zero attached hydrogens (tertiary/aromatic N) is 2. The van der Waals surface area contributed by atoms with Gasteiger partial charge in [-0.1, -0.05) is 18.0 Å². The molecule has 114 valence electrons. The molecule has 1 aliphatic heterocycles. The van der Waals surface area contributed by atoms with Crippen LogP contribution in [0.2, 0.25) is 0 Å². The fourth-order valence-corrected chi connectivity index (χ4v) is 3.34. The summed E-state index contributed by atoms with van der Waals surface area (Å²) in [5.41, 5.74) is 1.79. The van der Waals surface area contributed by atoms with Gasteiger partial charge in [0.2, 0.25) is 11.8 Å². The number of carbonyl (C=O) groups is 2. The van der Waals surface area contributed by atoms with Crippen LogP contribution in [-0.4, -0.2) is 34.0 Å².